The molecule has 0 spiro atoms. The molecule has 2 aliphatic heterocycles. The Labute approximate surface area is 171 Å². The zero-order chi connectivity index (χ0) is 20.4. The minimum absolute atomic E-state index is 0.108. The summed E-state index contributed by atoms with van der Waals surface area (Å²) in [5, 5.41) is 11.8. The molecule has 2 aliphatic rings. The van der Waals surface area contributed by atoms with Crippen LogP contribution in [-0.2, 0) is 4.74 Å². The molecule has 0 radical (unpaired) electrons. The lowest BCUT2D eigenvalue weighted by atomic mass is 9.93. The molecule has 7 heteroatoms. The van der Waals surface area contributed by atoms with Gasteiger partial charge in [0.2, 0.25) is 0 Å². The van der Waals surface area contributed by atoms with Crippen molar-refractivity contribution in [1.29, 1.82) is 0 Å². The highest BCUT2D eigenvalue weighted by molar-refractivity contribution is 5.82. The average molecular weight is 399 g/mol. The van der Waals surface area contributed by atoms with Crippen molar-refractivity contribution in [3.05, 3.63) is 40.4 Å². The van der Waals surface area contributed by atoms with Crippen LogP contribution in [0.4, 0.5) is 11.5 Å². The summed E-state index contributed by atoms with van der Waals surface area (Å²) in [5.41, 5.74) is 0.919. The minimum atomic E-state index is -0.365. The number of pyridine rings is 1. The molecule has 1 aromatic carbocycles. The lowest BCUT2D eigenvalue weighted by Gasteiger charge is -2.37. The van der Waals surface area contributed by atoms with Crippen LogP contribution in [0, 0.1) is 16.0 Å². The Balaban J connectivity index is 1.31. The second kappa shape index (κ2) is 8.63. The summed E-state index contributed by atoms with van der Waals surface area (Å²) in [4.78, 5) is 20.2. The maximum absolute atomic E-state index is 10.9. The first kappa shape index (κ1) is 20.0. The summed E-state index contributed by atoms with van der Waals surface area (Å²) in [6.45, 7) is 9.62. The molecule has 3 heterocycles. The van der Waals surface area contributed by atoms with E-state index in [1.165, 1.54) is 25.3 Å². The summed E-state index contributed by atoms with van der Waals surface area (Å²) in [5.74, 6) is 1.74. The summed E-state index contributed by atoms with van der Waals surface area (Å²) < 4.78 is 5.83. The molecular formula is C22H30N4O3. The Bertz CT molecular complexity index is 856. The predicted octanol–water partition coefficient (Wildman–Crippen LogP) is 3.86. The zero-order valence-corrected chi connectivity index (χ0v) is 17.3. The van der Waals surface area contributed by atoms with E-state index in [2.05, 4.69) is 23.6 Å². The van der Waals surface area contributed by atoms with Gasteiger partial charge in [0.05, 0.1) is 22.6 Å². The van der Waals surface area contributed by atoms with Crippen molar-refractivity contribution in [3.8, 4) is 0 Å². The first-order valence-corrected chi connectivity index (χ1v) is 10.7. The number of non-ortho nitro benzene ring substituents is 1. The fourth-order valence-electron chi connectivity index (χ4n) is 4.67. The van der Waals surface area contributed by atoms with E-state index >= 15 is 0 Å². The number of hydrogen-bond donors (Lipinski definition) is 0. The van der Waals surface area contributed by atoms with Crippen LogP contribution in [0.1, 0.15) is 33.1 Å². The normalized spacial score (nSPS) is 24.1. The number of rotatable bonds is 5. The van der Waals surface area contributed by atoms with Crippen LogP contribution >= 0.6 is 0 Å². The molecule has 2 aromatic rings. The van der Waals surface area contributed by atoms with Crippen LogP contribution < -0.4 is 4.90 Å². The molecule has 0 N–H and O–H groups in total. The number of anilines is 1. The Morgan fingerprint density at radius 1 is 1.14 bits per heavy atom. The van der Waals surface area contributed by atoms with Gasteiger partial charge in [-0.3, -0.25) is 15.0 Å². The number of nitro benzene ring substituents is 1. The van der Waals surface area contributed by atoms with Crippen LogP contribution in [0.15, 0.2) is 30.3 Å². The van der Waals surface area contributed by atoms with Crippen molar-refractivity contribution in [2.75, 3.05) is 37.6 Å². The van der Waals surface area contributed by atoms with Crippen molar-refractivity contribution >= 4 is 22.4 Å². The highest BCUT2D eigenvalue weighted by atomic mass is 16.6. The molecule has 0 bridgehead atoms. The molecule has 7 nitrogen and oxygen atoms in total. The molecule has 1 aromatic heterocycles. The third kappa shape index (κ3) is 4.85. The highest BCUT2D eigenvalue weighted by Crippen LogP contribution is 2.27. The van der Waals surface area contributed by atoms with Gasteiger partial charge in [0, 0.05) is 43.7 Å². The van der Waals surface area contributed by atoms with Gasteiger partial charge < -0.3 is 9.64 Å². The number of hydrogen-bond acceptors (Lipinski definition) is 6. The number of piperidine rings is 1. The zero-order valence-electron chi connectivity index (χ0n) is 17.3. The van der Waals surface area contributed by atoms with Gasteiger partial charge in [0.25, 0.3) is 5.69 Å². The largest absolute Gasteiger partial charge is 0.373 e. The quantitative estimate of drug-likeness (QED) is 0.563. The van der Waals surface area contributed by atoms with Gasteiger partial charge in [-0.1, -0.05) is 0 Å². The van der Waals surface area contributed by atoms with Gasteiger partial charge in [-0.05, 0) is 63.8 Å². The molecule has 4 rings (SSSR count). The molecule has 0 amide bonds. The van der Waals surface area contributed by atoms with Crippen LogP contribution in [0.25, 0.3) is 10.9 Å². The predicted molar refractivity (Wildman–Crippen MR) is 114 cm³/mol. The third-order valence-corrected chi connectivity index (χ3v) is 6.16. The van der Waals surface area contributed by atoms with Gasteiger partial charge >= 0.3 is 0 Å². The van der Waals surface area contributed by atoms with Gasteiger partial charge in [-0.25, -0.2) is 4.98 Å². The second-order valence-corrected chi connectivity index (χ2v) is 8.54. The van der Waals surface area contributed by atoms with Crippen molar-refractivity contribution < 1.29 is 9.66 Å². The molecule has 0 aliphatic carbocycles. The average Bonchev–Trinajstić information content (AvgIpc) is 2.71. The highest BCUT2D eigenvalue weighted by Gasteiger charge is 2.25. The number of fused-ring (bicyclic) bond motifs is 1. The van der Waals surface area contributed by atoms with Gasteiger partial charge in [0.15, 0.2) is 0 Å². The van der Waals surface area contributed by atoms with E-state index in [1.807, 2.05) is 12.1 Å². The lowest BCUT2D eigenvalue weighted by Crippen LogP contribution is -2.46. The number of nitro groups is 1. The summed E-state index contributed by atoms with van der Waals surface area (Å²) in [6, 6.07) is 8.79. The first-order chi connectivity index (χ1) is 14.0. The Kier molecular flexibility index (Phi) is 5.96. The van der Waals surface area contributed by atoms with Crippen molar-refractivity contribution in [3.63, 3.8) is 0 Å². The van der Waals surface area contributed by atoms with Crippen molar-refractivity contribution in [2.24, 2.45) is 5.92 Å². The van der Waals surface area contributed by atoms with E-state index in [0.29, 0.717) is 12.2 Å². The topological polar surface area (TPSA) is 71.7 Å². The summed E-state index contributed by atoms with van der Waals surface area (Å²) in [7, 11) is 0. The van der Waals surface area contributed by atoms with E-state index < -0.39 is 0 Å². The van der Waals surface area contributed by atoms with E-state index in [0.717, 1.165) is 55.4 Å². The number of ether oxygens (including phenoxy) is 1. The molecule has 156 valence electrons. The Hall–Kier alpha value is -2.25. The minimum Gasteiger partial charge on any atom is -0.373 e. The lowest BCUT2D eigenvalue weighted by molar-refractivity contribution is -0.384. The van der Waals surface area contributed by atoms with Crippen LogP contribution in [0.5, 0.6) is 0 Å². The number of benzene rings is 1. The van der Waals surface area contributed by atoms with Crippen molar-refractivity contribution in [1.82, 2.24) is 9.88 Å². The maximum atomic E-state index is 10.9. The third-order valence-electron chi connectivity index (χ3n) is 6.16. The molecular weight excluding hydrogens is 368 g/mol. The monoisotopic (exact) mass is 398 g/mol. The molecule has 0 saturated carbocycles. The molecule has 2 unspecified atom stereocenters. The van der Waals surface area contributed by atoms with E-state index in [-0.39, 0.29) is 10.6 Å². The molecule has 29 heavy (non-hydrogen) atoms. The standard InChI is InChI=1S/C22H30N4O3/c1-16-14-24(15-17(2)29-16)10-7-18-8-11-25(12-9-18)22-6-3-19-13-20(26(27)28)4-5-21(19)23-22/h3-6,13,16-18H,7-12,14-15H2,1-2H3. The number of nitrogens with zero attached hydrogens (tertiary/aromatic N) is 4. The first-order valence-electron chi connectivity index (χ1n) is 10.7. The Morgan fingerprint density at radius 2 is 1.86 bits per heavy atom. The summed E-state index contributed by atoms with van der Waals surface area (Å²) >= 11 is 0. The van der Waals surface area contributed by atoms with E-state index in [4.69, 9.17) is 9.72 Å². The van der Waals surface area contributed by atoms with Crippen LogP contribution in [0.3, 0.4) is 0 Å². The van der Waals surface area contributed by atoms with Gasteiger partial charge in [0.1, 0.15) is 5.82 Å². The fraction of sp³-hybridized carbons (Fsp3) is 0.591. The van der Waals surface area contributed by atoms with Gasteiger partial charge in [-0.15, -0.1) is 0 Å². The molecule has 2 saturated heterocycles. The Morgan fingerprint density at radius 3 is 2.55 bits per heavy atom. The second-order valence-electron chi connectivity index (χ2n) is 8.54. The van der Waals surface area contributed by atoms with Gasteiger partial charge in [-0.2, -0.15) is 0 Å². The SMILES string of the molecule is CC1CN(CCC2CCN(c3ccc4cc([N+](=O)[O-])ccc4n3)CC2)CC(C)O1. The molecule has 2 atom stereocenters. The fourth-order valence-corrected chi connectivity index (χ4v) is 4.67. The van der Waals surface area contributed by atoms with E-state index in [9.17, 15) is 10.1 Å². The molecule has 2 fully saturated rings. The van der Waals surface area contributed by atoms with Crippen LogP contribution in [-0.4, -0.2) is 59.7 Å². The van der Waals surface area contributed by atoms with Crippen molar-refractivity contribution in [2.45, 2.75) is 45.3 Å². The van der Waals surface area contributed by atoms with Crippen LogP contribution in [0.2, 0.25) is 0 Å². The maximum Gasteiger partial charge on any atom is 0.270 e. The summed E-state index contributed by atoms with van der Waals surface area (Å²) in [6.07, 6.45) is 4.30. The number of morpholine rings is 1. The smallest absolute Gasteiger partial charge is 0.270 e. The van der Waals surface area contributed by atoms with E-state index in [1.54, 1.807) is 12.1 Å². The number of aromatic nitrogens is 1.